The van der Waals surface area contributed by atoms with E-state index in [4.69, 9.17) is 15.3 Å². The van der Waals surface area contributed by atoms with Crippen LogP contribution in [0, 0.1) is 0 Å². The Hall–Kier alpha value is -2.25. The number of rotatable bonds is 5. The molecule has 0 aliphatic heterocycles. The zero-order valence-corrected chi connectivity index (χ0v) is 10.7. The van der Waals surface area contributed by atoms with E-state index < -0.39 is 0 Å². The van der Waals surface area contributed by atoms with Gasteiger partial charge in [-0.1, -0.05) is 0 Å². The molecule has 19 heavy (non-hydrogen) atoms. The van der Waals surface area contributed by atoms with Gasteiger partial charge in [0.25, 0.3) is 0 Å². The first-order valence-corrected chi connectivity index (χ1v) is 5.61. The van der Waals surface area contributed by atoms with Gasteiger partial charge in [-0.05, 0) is 17.7 Å². The van der Waals surface area contributed by atoms with E-state index in [0.29, 0.717) is 17.5 Å². The number of nitrogens with zero attached hydrogens (tertiary/aromatic N) is 3. The first kappa shape index (κ1) is 13.2. The standard InChI is InChI=1S/C12H15N5O2/c1-18-9-7-15-11(12(16-9)19-2)10(17-13)8-3-5-14-6-4-8/h3-7,10,17H,13H2,1-2H3. The van der Waals surface area contributed by atoms with Gasteiger partial charge in [-0.25, -0.2) is 10.4 Å². The van der Waals surface area contributed by atoms with E-state index in [9.17, 15) is 0 Å². The molecule has 0 radical (unpaired) electrons. The lowest BCUT2D eigenvalue weighted by atomic mass is 10.1. The Morgan fingerprint density at radius 1 is 1.21 bits per heavy atom. The quantitative estimate of drug-likeness (QED) is 0.595. The summed E-state index contributed by atoms with van der Waals surface area (Å²) >= 11 is 0. The molecule has 0 aliphatic carbocycles. The lowest BCUT2D eigenvalue weighted by Crippen LogP contribution is -2.30. The number of hydrogen-bond acceptors (Lipinski definition) is 7. The van der Waals surface area contributed by atoms with Crippen molar-refractivity contribution in [2.45, 2.75) is 6.04 Å². The van der Waals surface area contributed by atoms with Crippen molar-refractivity contribution in [2.75, 3.05) is 14.2 Å². The lowest BCUT2D eigenvalue weighted by molar-refractivity contribution is 0.352. The summed E-state index contributed by atoms with van der Waals surface area (Å²) < 4.78 is 10.2. The topological polar surface area (TPSA) is 95.2 Å². The number of nitrogens with one attached hydrogen (secondary N) is 1. The molecular weight excluding hydrogens is 246 g/mol. The molecule has 0 saturated carbocycles. The fourth-order valence-corrected chi connectivity index (χ4v) is 1.70. The Balaban J connectivity index is 2.43. The summed E-state index contributed by atoms with van der Waals surface area (Å²) in [5.74, 6) is 6.35. The first-order chi connectivity index (χ1) is 9.30. The van der Waals surface area contributed by atoms with Crippen LogP contribution < -0.4 is 20.7 Å². The highest BCUT2D eigenvalue weighted by Crippen LogP contribution is 2.27. The predicted octanol–water partition coefficient (Wildman–Crippen LogP) is 0.441. The average Bonchev–Trinajstić information content (AvgIpc) is 2.49. The van der Waals surface area contributed by atoms with E-state index in [0.717, 1.165) is 5.56 Å². The highest BCUT2D eigenvalue weighted by atomic mass is 16.5. The van der Waals surface area contributed by atoms with E-state index in [1.807, 2.05) is 12.1 Å². The van der Waals surface area contributed by atoms with Crippen LogP contribution in [-0.4, -0.2) is 29.2 Å². The number of ether oxygens (including phenoxy) is 2. The number of hydrazine groups is 1. The molecule has 2 heterocycles. The molecule has 1 atom stereocenters. The largest absolute Gasteiger partial charge is 0.480 e. The minimum Gasteiger partial charge on any atom is -0.480 e. The summed E-state index contributed by atoms with van der Waals surface area (Å²) in [6, 6.07) is 3.35. The summed E-state index contributed by atoms with van der Waals surface area (Å²) in [6.07, 6.45) is 4.88. The van der Waals surface area contributed by atoms with Crippen LogP contribution in [0.15, 0.2) is 30.7 Å². The molecule has 0 aromatic carbocycles. The van der Waals surface area contributed by atoms with Crippen molar-refractivity contribution in [3.8, 4) is 11.8 Å². The summed E-state index contributed by atoms with van der Waals surface area (Å²) in [5.41, 5.74) is 4.19. The molecule has 0 spiro atoms. The molecule has 2 aromatic heterocycles. The maximum Gasteiger partial charge on any atom is 0.240 e. The van der Waals surface area contributed by atoms with E-state index in [1.165, 1.54) is 20.4 Å². The van der Waals surface area contributed by atoms with Gasteiger partial charge in [0.1, 0.15) is 5.69 Å². The Kier molecular flexibility index (Phi) is 4.22. The zero-order chi connectivity index (χ0) is 13.7. The van der Waals surface area contributed by atoms with E-state index in [-0.39, 0.29) is 6.04 Å². The van der Waals surface area contributed by atoms with Gasteiger partial charge in [0.15, 0.2) is 0 Å². The monoisotopic (exact) mass is 261 g/mol. The van der Waals surface area contributed by atoms with Crippen LogP contribution in [0.2, 0.25) is 0 Å². The van der Waals surface area contributed by atoms with Crippen LogP contribution in [0.1, 0.15) is 17.3 Å². The number of aromatic nitrogens is 3. The number of hydrogen-bond donors (Lipinski definition) is 2. The zero-order valence-electron chi connectivity index (χ0n) is 10.7. The van der Waals surface area contributed by atoms with Gasteiger partial charge in [0, 0.05) is 12.4 Å². The molecule has 0 bridgehead atoms. The number of pyridine rings is 1. The van der Waals surface area contributed by atoms with Crippen LogP contribution in [-0.2, 0) is 0 Å². The molecule has 100 valence electrons. The molecule has 7 heteroatoms. The predicted molar refractivity (Wildman–Crippen MR) is 68.5 cm³/mol. The van der Waals surface area contributed by atoms with Gasteiger partial charge in [0.2, 0.25) is 11.8 Å². The normalized spacial score (nSPS) is 11.9. The van der Waals surface area contributed by atoms with E-state index in [1.54, 1.807) is 12.4 Å². The van der Waals surface area contributed by atoms with Crippen LogP contribution in [0.3, 0.4) is 0 Å². The van der Waals surface area contributed by atoms with Gasteiger partial charge < -0.3 is 9.47 Å². The van der Waals surface area contributed by atoms with Crippen LogP contribution in [0.5, 0.6) is 11.8 Å². The minimum atomic E-state index is -0.337. The first-order valence-electron chi connectivity index (χ1n) is 5.61. The van der Waals surface area contributed by atoms with Gasteiger partial charge >= 0.3 is 0 Å². The molecule has 0 aliphatic rings. The van der Waals surface area contributed by atoms with Crippen LogP contribution in [0.4, 0.5) is 0 Å². The van der Waals surface area contributed by atoms with Crippen LogP contribution >= 0.6 is 0 Å². The highest BCUT2D eigenvalue weighted by molar-refractivity contribution is 5.33. The van der Waals surface area contributed by atoms with Crippen molar-refractivity contribution in [1.82, 2.24) is 20.4 Å². The molecule has 1 unspecified atom stereocenters. The third kappa shape index (κ3) is 2.78. The Labute approximate surface area is 110 Å². The second-order valence-electron chi connectivity index (χ2n) is 3.69. The van der Waals surface area contributed by atoms with Crippen LogP contribution in [0.25, 0.3) is 0 Å². The SMILES string of the molecule is COc1cnc(C(NN)c2ccncc2)c(OC)n1. The fourth-order valence-electron chi connectivity index (χ4n) is 1.70. The molecule has 0 amide bonds. The number of nitrogens with two attached hydrogens (primary N) is 1. The van der Waals surface area contributed by atoms with Gasteiger partial charge in [0.05, 0.1) is 26.5 Å². The summed E-state index contributed by atoms with van der Waals surface area (Å²) in [4.78, 5) is 12.4. The van der Waals surface area contributed by atoms with Gasteiger partial charge in [-0.3, -0.25) is 10.8 Å². The van der Waals surface area contributed by atoms with Gasteiger partial charge in [-0.2, -0.15) is 4.98 Å². The second kappa shape index (κ2) is 6.07. The maximum atomic E-state index is 5.61. The smallest absolute Gasteiger partial charge is 0.240 e. The summed E-state index contributed by atoms with van der Waals surface area (Å²) in [5, 5.41) is 0. The van der Waals surface area contributed by atoms with Crippen molar-refractivity contribution in [3.63, 3.8) is 0 Å². The minimum absolute atomic E-state index is 0.337. The molecule has 7 nitrogen and oxygen atoms in total. The Morgan fingerprint density at radius 2 is 1.95 bits per heavy atom. The Morgan fingerprint density at radius 3 is 2.53 bits per heavy atom. The molecule has 2 rings (SSSR count). The summed E-state index contributed by atoms with van der Waals surface area (Å²) in [7, 11) is 3.04. The second-order valence-corrected chi connectivity index (χ2v) is 3.69. The number of methoxy groups -OCH3 is 2. The molecular formula is C12H15N5O2. The molecule has 3 N–H and O–H groups in total. The van der Waals surface area contributed by atoms with E-state index in [2.05, 4.69) is 20.4 Å². The lowest BCUT2D eigenvalue weighted by Gasteiger charge is -2.17. The van der Waals surface area contributed by atoms with E-state index >= 15 is 0 Å². The summed E-state index contributed by atoms with van der Waals surface area (Å²) in [6.45, 7) is 0. The molecule has 0 fully saturated rings. The third-order valence-corrected chi connectivity index (χ3v) is 2.63. The van der Waals surface area contributed by atoms with Gasteiger partial charge in [-0.15, -0.1) is 0 Å². The maximum absolute atomic E-state index is 5.61. The van der Waals surface area contributed by atoms with Crippen molar-refractivity contribution in [2.24, 2.45) is 5.84 Å². The Bertz CT molecular complexity index is 535. The van der Waals surface area contributed by atoms with Crippen molar-refractivity contribution < 1.29 is 9.47 Å². The fraction of sp³-hybridized carbons (Fsp3) is 0.250. The average molecular weight is 261 g/mol. The van der Waals surface area contributed by atoms with Crippen molar-refractivity contribution in [3.05, 3.63) is 42.0 Å². The molecule has 0 saturated heterocycles. The van der Waals surface area contributed by atoms with Crippen molar-refractivity contribution in [1.29, 1.82) is 0 Å². The highest BCUT2D eigenvalue weighted by Gasteiger charge is 2.20. The molecule has 2 aromatic rings. The van der Waals surface area contributed by atoms with Crippen molar-refractivity contribution >= 4 is 0 Å². The third-order valence-electron chi connectivity index (χ3n) is 2.63.